The Kier molecular flexibility index (Phi) is 5.43. The Morgan fingerprint density at radius 2 is 1.69 bits per heavy atom. The van der Waals surface area contributed by atoms with E-state index in [1.54, 1.807) is 30.3 Å². The smallest absolute Gasteiger partial charge is 0.262 e. The number of nitrogens with zero attached hydrogens (tertiary/aromatic N) is 4. The molecular weight excluding hydrogens is 370 g/mol. The average molecular weight is 387 g/mol. The van der Waals surface area contributed by atoms with Gasteiger partial charge in [0, 0.05) is 17.8 Å². The third kappa shape index (κ3) is 4.95. The van der Waals surface area contributed by atoms with Gasteiger partial charge in [0.05, 0.1) is 5.69 Å². The number of carbonyl (C=O) groups excluding carboxylic acids is 1. The molecule has 4 rings (SSSR count). The van der Waals surface area contributed by atoms with E-state index >= 15 is 0 Å². The minimum atomic E-state index is -0.283. The number of hydrogen-bond acceptors (Lipinski definition) is 6. The Hall–Kier alpha value is -4.20. The number of hydrogen-bond donors (Lipinski definition) is 1. The second kappa shape index (κ2) is 8.66. The number of tetrazole rings is 1. The van der Waals surface area contributed by atoms with E-state index in [1.807, 2.05) is 48.5 Å². The molecule has 1 aromatic heterocycles. The molecule has 0 saturated heterocycles. The minimum absolute atomic E-state index is 0.136. The van der Waals surface area contributed by atoms with E-state index in [1.165, 1.54) is 11.0 Å². The molecule has 1 N–H and O–H groups in total. The molecule has 0 aliphatic heterocycles. The lowest BCUT2D eigenvalue weighted by atomic mass is 10.3. The number of rotatable bonds is 7. The molecule has 0 unspecified atom stereocenters. The van der Waals surface area contributed by atoms with Crippen molar-refractivity contribution in [3.63, 3.8) is 0 Å². The van der Waals surface area contributed by atoms with Crippen LogP contribution in [-0.2, 0) is 4.79 Å². The number of ether oxygens (including phenoxy) is 2. The number of benzene rings is 3. The van der Waals surface area contributed by atoms with Crippen molar-refractivity contribution in [1.29, 1.82) is 0 Å². The first-order chi connectivity index (χ1) is 14.3. The van der Waals surface area contributed by atoms with Crippen LogP contribution in [0.25, 0.3) is 5.69 Å². The van der Waals surface area contributed by atoms with E-state index in [9.17, 15) is 4.79 Å². The Bertz CT molecular complexity index is 1080. The van der Waals surface area contributed by atoms with Gasteiger partial charge in [0.15, 0.2) is 6.61 Å². The van der Waals surface area contributed by atoms with Crippen molar-refractivity contribution < 1.29 is 14.3 Å². The molecule has 8 heteroatoms. The van der Waals surface area contributed by atoms with Crippen molar-refractivity contribution in [2.24, 2.45) is 0 Å². The summed E-state index contributed by atoms with van der Waals surface area (Å²) in [5.41, 5.74) is 1.35. The monoisotopic (exact) mass is 387 g/mol. The molecule has 1 amide bonds. The van der Waals surface area contributed by atoms with Crippen molar-refractivity contribution in [3.05, 3.63) is 85.2 Å². The number of para-hydroxylation sites is 1. The van der Waals surface area contributed by atoms with Crippen LogP contribution in [0.3, 0.4) is 0 Å². The Morgan fingerprint density at radius 3 is 2.52 bits per heavy atom. The highest BCUT2D eigenvalue weighted by atomic mass is 16.5. The van der Waals surface area contributed by atoms with Crippen LogP contribution in [0.1, 0.15) is 0 Å². The van der Waals surface area contributed by atoms with E-state index in [0.717, 1.165) is 11.4 Å². The van der Waals surface area contributed by atoms with Gasteiger partial charge in [-0.05, 0) is 46.8 Å². The Morgan fingerprint density at radius 1 is 0.897 bits per heavy atom. The third-order valence-electron chi connectivity index (χ3n) is 3.90. The molecule has 3 aromatic carbocycles. The lowest BCUT2D eigenvalue weighted by Gasteiger charge is -2.10. The minimum Gasteiger partial charge on any atom is -0.484 e. The van der Waals surface area contributed by atoms with Crippen molar-refractivity contribution in [2.45, 2.75) is 0 Å². The molecule has 0 aliphatic rings. The fourth-order valence-electron chi connectivity index (χ4n) is 2.60. The summed E-state index contributed by atoms with van der Waals surface area (Å²) in [5.74, 6) is 1.61. The van der Waals surface area contributed by atoms with Gasteiger partial charge < -0.3 is 14.8 Å². The first-order valence-corrected chi connectivity index (χ1v) is 8.85. The Labute approximate surface area is 166 Å². The molecule has 8 nitrogen and oxygen atoms in total. The maximum atomic E-state index is 12.3. The highest BCUT2D eigenvalue weighted by Crippen LogP contribution is 2.24. The van der Waals surface area contributed by atoms with Gasteiger partial charge in [-0.2, -0.15) is 0 Å². The van der Waals surface area contributed by atoms with Crippen LogP contribution in [0.15, 0.2) is 85.2 Å². The second-order valence-electron chi connectivity index (χ2n) is 6.03. The van der Waals surface area contributed by atoms with Crippen LogP contribution in [-0.4, -0.2) is 32.7 Å². The molecule has 29 heavy (non-hydrogen) atoms. The molecule has 4 aromatic rings. The van der Waals surface area contributed by atoms with Gasteiger partial charge in [0.2, 0.25) is 0 Å². The van der Waals surface area contributed by atoms with Crippen molar-refractivity contribution in [1.82, 2.24) is 20.2 Å². The maximum Gasteiger partial charge on any atom is 0.262 e. The zero-order valence-corrected chi connectivity index (χ0v) is 15.3. The number of aromatic nitrogens is 4. The number of amides is 1. The largest absolute Gasteiger partial charge is 0.484 e. The molecule has 0 spiro atoms. The number of nitrogens with one attached hydrogen (secondary N) is 1. The van der Waals surface area contributed by atoms with Crippen LogP contribution in [0, 0.1) is 0 Å². The topological polar surface area (TPSA) is 91.2 Å². The molecule has 144 valence electrons. The van der Waals surface area contributed by atoms with Gasteiger partial charge in [-0.15, -0.1) is 5.10 Å². The van der Waals surface area contributed by atoms with E-state index in [0.29, 0.717) is 17.2 Å². The summed E-state index contributed by atoms with van der Waals surface area (Å²) in [6, 6.07) is 23.8. The van der Waals surface area contributed by atoms with E-state index in [-0.39, 0.29) is 12.5 Å². The van der Waals surface area contributed by atoms with E-state index in [2.05, 4.69) is 20.8 Å². The average Bonchev–Trinajstić information content (AvgIpc) is 3.29. The Balaban J connectivity index is 1.34. The van der Waals surface area contributed by atoms with E-state index < -0.39 is 0 Å². The molecule has 0 radical (unpaired) electrons. The van der Waals surface area contributed by atoms with Gasteiger partial charge in [0.1, 0.15) is 23.6 Å². The molecular formula is C21H17N5O3. The third-order valence-corrected chi connectivity index (χ3v) is 3.90. The van der Waals surface area contributed by atoms with Crippen LogP contribution < -0.4 is 14.8 Å². The molecule has 0 atom stereocenters. The van der Waals surface area contributed by atoms with E-state index in [4.69, 9.17) is 9.47 Å². The summed E-state index contributed by atoms with van der Waals surface area (Å²) in [4.78, 5) is 12.3. The van der Waals surface area contributed by atoms with Crippen LogP contribution in [0.4, 0.5) is 5.69 Å². The summed E-state index contributed by atoms with van der Waals surface area (Å²) in [6.45, 7) is -0.136. The SMILES string of the molecule is O=C(COc1cccc(-n2cnnn2)c1)Nc1cccc(Oc2ccccc2)c1. The van der Waals surface area contributed by atoms with Gasteiger partial charge in [-0.3, -0.25) is 4.79 Å². The lowest BCUT2D eigenvalue weighted by molar-refractivity contribution is -0.118. The predicted molar refractivity (Wildman–Crippen MR) is 106 cm³/mol. The predicted octanol–water partition coefficient (Wildman–Crippen LogP) is 3.47. The van der Waals surface area contributed by atoms with Gasteiger partial charge in [-0.1, -0.05) is 30.3 Å². The van der Waals surface area contributed by atoms with Crippen LogP contribution in [0.2, 0.25) is 0 Å². The van der Waals surface area contributed by atoms with Gasteiger partial charge in [0.25, 0.3) is 5.91 Å². The molecule has 0 saturated carbocycles. The number of carbonyl (C=O) groups is 1. The highest BCUT2D eigenvalue weighted by Gasteiger charge is 2.07. The van der Waals surface area contributed by atoms with Gasteiger partial charge >= 0.3 is 0 Å². The molecule has 1 heterocycles. The summed E-state index contributed by atoms with van der Waals surface area (Å²) >= 11 is 0. The first-order valence-electron chi connectivity index (χ1n) is 8.85. The zero-order valence-electron chi connectivity index (χ0n) is 15.3. The van der Waals surface area contributed by atoms with Gasteiger partial charge in [-0.25, -0.2) is 4.68 Å². The van der Waals surface area contributed by atoms with Crippen molar-refractivity contribution in [2.75, 3.05) is 11.9 Å². The standard InChI is InChI=1S/C21H17N5O3/c27-21(14-28-19-10-5-7-17(13-19)26-15-22-24-25-26)23-16-6-4-11-20(12-16)29-18-8-2-1-3-9-18/h1-13,15H,14H2,(H,23,27). The van der Waals surface area contributed by atoms with Crippen molar-refractivity contribution in [3.8, 4) is 22.9 Å². The first kappa shape index (κ1) is 18.2. The second-order valence-corrected chi connectivity index (χ2v) is 6.03. The normalized spacial score (nSPS) is 10.3. The summed E-state index contributed by atoms with van der Waals surface area (Å²) in [5, 5.41) is 13.8. The quantitative estimate of drug-likeness (QED) is 0.522. The van der Waals surface area contributed by atoms with Crippen molar-refractivity contribution >= 4 is 11.6 Å². The highest BCUT2D eigenvalue weighted by molar-refractivity contribution is 5.92. The molecule has 0 bridgehead atoms. The molecule has 0 fully saturated rings. The van der Waals surface area contributed by atoms with Crippen LogP contribution >= 0.6 is 0 Å². The summed E-state index contributed by atoms with van der Waals surface area (Å²) < 4.78 is 12.9. The van der Waals surface area contributed by atoms with Crippen LogP contribution in [0.5, 0.6) is 17.2 Å². The summed E-state index contributed by atoms with van der Waals surface area (Å²) in [6.07, 6.45) is 1.48. The molecule has 0 aliphatic carbocycles. The maximum absolute atomic E-state index is 12.3. The summed E-state index contributed by atoms with van der Waals surface area (Å²) in [7, 11) is 0. The lowest BCUT2D eigenvalue weighted by Crippen LogP contribution is -2.20. The number of anilines is 1. The fraction of sp³-hybridized carbons (Fsp3) is 0.0476. The zero-order chi connectivity index (χ0) is 19.9. The fourth-order valence-corrected chi connectivity index (χ4v) is 2.60.